The summed E-state index contributed by atoms with van der Waals surface area (Å²) in [5, 5.41) is 0. The van der Waals surface area contributed by atoms with Gasteiger partial charge in [0.25, 0.3) is 0 Å². The molecule has 2 N–H and O–H groups in total. The summed E-state index contributed by atoms with van der Waals surface area (Å²) in [5.41, 5.74) is 8.77. The molecule has 0 bridgehead atoms. The molecular formula is C13H20N2. The van der Waals surface area contributed by atoms with Crippen LogP contribution in [-0.4, -0.2) is 19.1 Å². The first-order chi connectivity index (χ1) is 7.27. The second kappa shape index (κ2) is 4.67. The molecule has 0 saturated heterocycles. The van der Waals surface area contributed by atoms with Crippen LogP contribution in [0.4, 0.5) is 5.69 Å². The second-order valence-electron chi connectivity index (χ2n) is 4.51. The van der Waals surface area contributed by atoms with Crippen LogP contribution in [0, 0.1) is 0 Å². The second-order valence-corrected chi connectivity index (χ2v) is 4.51. The number of nitrogens with zero attached hydrogens (tertiary/aromatic N) is 1. The highest BCUT2D eigenvalue weighted by Gasteiger charge is 2.15. The summed E-state index contributed by atoms with van der Waals surface area (Å²) in [6.07, 6.45) is 3.79. The Balaban J connectivity index is 2.24. The van der Waals surface area contributed by atoms with Crippen LogP contribution in [0.5, 0.6) is 0 Å². The van der Waals surface area contributed by atoms with E-state index in [2.05, 4.69) is 36.1 Å². The van der Waals surface area contributed by atoms with Gasteiger partial charge in [0.1, 0.15) is 0 Å². The van der Waals surface area contributed by atoms with E-state index in [-0.39, 0.29) is 6.04 Å². The first-order valence-corrected chi connectivity index (χ1v) is 5.86. The van der Waals surface area contributed by atoms with Gasteiger partial charge in [-0.3, -0.25) is 0 Å². The van der Waals surface area contributed by atoms with Crippen LogP contribution in [0.15, 0.2) is 24.3 Å². The van der Waals surface area contributed by atoms with E-state index in [1.807, 2.05) is 0 Å². The Morgan fingerprint density at radius 3 is 2.93 bits per heavy atom. The van der Waals surface area contributed by atoms with Crippen molar-refractivity contribution in [3.63, 3.8) is 0 Å². The van der Waals surface area contributed by atoms with E-state index >= 15 is 0 Å². The van der Waals surface area contributed by atoms with Crippen molar-refractivity contribution in [3.05, 3.63) is 29.8 Å². The summed E-state index contributed by atoms with van der Waals surface area (Å²) in [7, 11) is 0. The van der Waals surface area contributed by atoms with E-state index in [0.29, 0.717) is 0 Å². The van der Waals surface area contributed by atoms with Crippen LogP contribution in [0.25, 0.3) is 0 Å². The fourth-order valence-electron chi connectivity index (χ4n) is 2.31. The van der Waals surface area contributed by atoms with Crippen molar-refractivity contribution in [2.75, 3.05) is 18.0 Å². The fraction of sp³-hybridized carbons (Fsp3) is 0.538. The maximum Gasteiger partial charge on any atom is 0.0399 e. The number of nitrogens with two attached hydrogens (primary N) is 1. The molecule has 1 aromatic rings. The van der Waals surface area contributed by atoms with E-state index in [0.717, 1.165) is 13.1 Å². The molecule has 0 saturated carbocycles. The molecule has 0 amide bonds. The minimum Gasteiger partial charge on any atom is -0.370 e. The van der Waals surface area contributed by atoms with Crippen LogP contribution in [-0.2, 0) is 6.42 Å². The maximum atomic E-state index is 5.89. The van der Waals surface area contributed by atoms with Crippen LogP contribution in [0.3, 0.4) is 0 Å². The third-order valence-electron chi connectivity index (χ3n) is 2.96. The first-order valence-electron chi connectivity index (χ1n) is 5.86. The minimum atomic E-state index is 0.246. The molecule has 0 unspecified atom stereocenters. The highest BCUT2D eigenvalue weighted by Crippen LogP contribution is 2.25. The molecule has 15 heavy (non-hydrogen) atoms. The molecule has 2 rings (SSSR count). The third-order valence-corrected chi connectivity index (χ3v) is 2.96. The van der Waals surface area contributed by atoms with Gasteiger partial charge in [-0.1, -0.05) is 18.2 Å². The number of benzene rings is 1. The predicted molar refractivity (Wildman–Crippen MR) is 65.2 cm³/mol. The zero-order chi connectivity index (χ0) is 10.7. The zero-order valence-corrected chi connectivity index (χ0v) is 9.45. The summed E-state index contributed by atoms with van der Waals surface area (Å²) in [4.78, 5) is 2.44. The number of hydrogen-bond donors (Lipinski definition) is 1. The minimum absolute atomic E-state index is 0.246. The number of aryl methyl sites for hydroxylation is 1. The number of fused-ring (bicyclic) bond motifs is 1. The molecule has 2 heteroatoms. The van der Waals surface area contributed by atoms with Crippen molar-refractivity contribution in [1.29, 1.82) is 0 Å². The van der Waals surface area contributed by atoms with Crippen molar-refractivity contribution in [2.24, 2.45) is 5.73 Å². The Labute approximate surface area is 92.1 Å². The number of hydrogen-bond acceptors (Lipinski definition) is 2. The fourth-order valence-corrected chi connectivity index (χ4v) is 2.31. The first kappa shape index (κ1) is 10.5. The van der Waals surface area contributed by atoms with Gasteiger partial charge < -0.3 is 10.6 Å². The predicted octanol–water partition coefficient (Wildman–Crippen LogP) is 2.18. The van der Waals surface area contributed by atoms with E-state index in [9.17, 15) is 0 Å². The van der Waals surface area contributed by atoms with Gasteiger partial charge in [0.15, 0.2) is 0 Å². The molecule has 2 nitrogen and oxygen atoms in total. The average molecular weight is 204 g/mol. The standard InChI is InChI=1S/C13H20N2/c1-11(14)10-15-9-5-4-7-12-6-2-3-8-13(12)15/h2-3,6,8,11H,4-5,7,9-10,14H2,1H3/t11-/m1/s1. The normalized spacial score (nSPS) is 18.1. The highest BCUT2D eigenvalue weighted by atomic mass is 15.1. The molecule has 1 aromatic carbocycles. The van der Waals surface area contributed by atoms with Crippen molar-refractivity contribution in [3.8, 4) is 0 Å². The van der Waals surface area contributed by atoms with Crippen molar-refractivity contribution in [1.82, 2.24) is 0 Å². The van der Waals surface area contributed by atoms with Gasteiger partial charge in [0.05, 0.1) is 0 Å². The Hall–Kier alpha value is -1.02. The zero-order valence-electron chi connectivity index (χ0n) is 9.45. The Morgan fingerprint density at radius 2 is 2.13 bits per heavy atom. The quantitative estimate of drug-likeness (QED) is 0.800. The number of rotatable bonds is 2. The van der Waals surface area contributed by atoms with E-state index in [4.69, 9.17) is 5.73 Å². The van der Waals surface area contributed by atoms with Gasteiger partial charge in [0.2, 0.25) is 0 Å². The van der Waals surface area contributed by atoms with Crippen LogP contribution in [0.2, 0.25) is 0 Å². The third kappa shape index (κ3) is 2.51. The van der Waals surface area contributed by atoms with Gasteiger partial charge in [-0.25, -0.2) is 0 Å². The maximum absolute atomic E-state index is 5.89. The van der Waals surface area contributed by atoms with Gasteiger partial charge in [-0.15, -0.1) is 0 Å². The summed E-state index contributed by atoms with van der Waals surface area (Å²) in [5.74, 6) is 0. The highest BCUT2D eigenvalue weighted by molar-refractivity contribution is 5.54. The lowest BCUT2D eigenvalue weighted by molar-refractivity contribution is 0.655. The molecule has 82 valence electrons. The van der Waals surface area contributed by atoms with Gasteiger partial charge >= 0.3 is 0 Å². The molecule has 1 heterocycles. The van der Waals surface area contributed by atoms with Gasteiger partial charge in [0, 0.05) is 24.8 Å². The van der Waals surface area contributed by atoms with Crippen molar-refractivity contribution in [2.45, 2.75) is 32.2 Å². The lowest BCUT2D eigenvalue weighted by Crippen LogP contribution is -2.36. The Kier molecular flexibility index (Phi) is 3.27. The molecule has 1 aliphatic heterocycles. The molecule has 1 atom stereocenters. The van der Waals surface area contributed by atoms with E-state index < -0.39 is 0 Å². The lowest BCUT2D eigenvalue weighted by Gasteiger charge is -2.26. The Bertz CT molecular complexity index is 320. The Morgan fingerprint density at radius 1 is 1.33 bits per heavy atom. The summed E-state index contributed by atoms with van der Waals surface area (Å²) in [6, 6.07) is 8.97. The number of para-hydroxylation sites is 1. The average Bonchev–Trinajstić information content (AvgIpc) is 2.41. The molecule has 0 fully saturated rings. The summed E-state index contributed by atoms with van der Waals surface area (Å²) < 4.78 is 0. The van der Waals surface area contributed by atoms with E-state index in [1.165, 1.54) is 30.5 Å². The van der Waals surface area contributed by atoms with Crippen molar-refractivity contribution < 1.29 is 0 Å². The smallest absolute Gasteiger partial charge is 0.0399 e. The monoisotopic (exact) mass is 204 g/mol. The van der Waals surface area contributed by atoms with Crippen LogP contribution >= 0.6 is 0 Å². The molecular weight excluding hydrogens is 184 g/mol. The summed E-state index contributed by atoms with van der Waals surface area (Å²) in [6.45, 7) is 4.20. The summed E-state index contributed by atoms with van der Waals surface area (Å²) >= 11 is 0. The van der Waals surface area contributed by atoms with Crippen molar-refractivity contribution >= 4 is 5.69 Å². The number of anilines is 1. The lowest BCUT2D eigenvalue weighted by atomic mass is 10.1. The molecule has 1 aliphatic rings. The largest absolute Gasteiger partial charge is 0.370 e. The van der Waals surface area contributed by atoms with E-state index in [1.54, 1.807) is 0 Å². The molecule has 0 spiro atoms. The molecule has 0 aliphatic carbocycles. The molecule has 0 aromatic heterocycles. The van der Waals surface area contributed by atoms with Gasteiger partial charge in [-0.05, 0) is 37.8 Å². The van der Waals surface area contributed by atoms with Crippen LogP contribution < -0.4 is 10.6 Å². The molecule has 0 radical (unpaired) electrons. The van der Waals surface area contributed by atoms with Crippen LogP contribution in [0.1, 0.15) is 25.3 Å². The topological polar surface area (TPSA) is 29.3 Å². The van der Waals surface area contributed by atoms with Gasteiger partial charge in [-0.2, -0.15) is 0 Å². The SMILES string of the molecule is C[C@@H](N)CN1CCCCc2ccccc21.